The number of benzene rings is 2. The number of carbonyl (C=O) groups excluding carboxylic acids is 2. The Morgan fingerprint density at radius 3 is 2.42 bits per heavy atom. The van der Waals surface area contributed by atoms with Crippen LogP contribution in [0.15, 0.2) is 48.5 Å². The number of ether oxygens (including phenoxy) is 1. The molecule has 2 aromatic carbocycles. The van der Waals surface area contributed by atoms with Crippen molar-refractivity contribution in [3.8, 4) is 0 Å². The molecule has 0 spiro atoms. The van der Waals surface area contributed by atoms with Gasteiger partial charge >= 0.3 is 5.97 Å². The Bertz CT molecular complexity index is 812. The predicted molar refractivity (Wildman–Crippen MR) is 97.3 cm³/mol. The highest BCUT2D eigenvalue weighted by Gasteiger charge is 2.45. The van der Waals surface area contributed by atoms with Crippen LogP contribution in [0.1, 0.15) is 36.8 Å². The van der Waals surface area contributed by atoms with Crippen LogP contribution in [0, 0.1) is 12.7 Å². The maximum atomic E-state index is 14.3. The molecule has 0 unspecified atom stereocenters. The zero-order valence-corrected chi connectivity index (χ0v) is 14.8. The number of hydrogen-bond acceptors (Lipinski definition) is 3. The number of anilines is 1. The molecule has 1 aliphatic carbocycles. The second-order valence-corrected chi connectivity index (χ2v) is 6.71. The number of hydrogen-bond donors (Lipinski definition) is 1. The number of rotatable bonds is 5. The maximum absolute atomic E-state index is 14.3. The van der Waals surface area contributed by atoms with E-state index in [2.05, 4.69) is 5.32 Å². The summed E-state index contributed by atoms with van der Waals surface area (Å²) in [6.45, 7) is 1.50. The van der Waals surface area contributed by atoms with Crippen LogP contribution in [0.5, 0.6) is 0 Å². The Labute approximate surface area is 152 Å². The highest BCUT2D eigenvalue weighted by atomic mass is 19.1. The van der Waals surface area contributed by atoms with E-state index >= 15 is 0 Å². The van der Waals surface area contributed by atoms with Crippen LogP contribution in [-0.4, -0.2) is 18.5 Å². The second kappa shape index (κ2) is 7.68. The molecule has 0 heterocycles. The fourth-order valence-corrected chi connectivity index (χ4v) is 3.58. The number of aryl methyl sites for hydroxylation is 1. The summed E-state index contributed by atoms with van der Waals surface area (Å²) in [7, 11) is 0. The molecule has 3 rings (SSSR count). The SMILES string of the molecule is Cc1ccccc1NC(=O)COC(=O)C1(c2ccccc2F)CCCC1. The summed E-state index contributed by atoms with van der Waals surface area (Å²) in [6.07, 6.45) is 2.73. The Morgan fingerprint density at radius 1 is 1.08 bits per heavy atom. The number of amides is 1. The third-order valence-corrected chi connectivity index (χ3v) is 4.99. The van der Waals surface area contributed by atoms with E-state index in [-0.39, 0.29) is 6.61 Å². The molecule has 136 valence electrons. The van der Waals surface area contributed by atoms with Gasteiger partial charge in [-0.25, -0.2) is 4.39 Å². The van der Waals surface area contributed by atoms with E-state index in [9.17, 15) is 14.0 Å². The molecule has 4 nitrogen and oxygen atoms in total. The van der Waals surface area contributed by atoms with Crippen molar-refractivity contribution in [2.45, 2.75) is 38.0 Å². The normalized spacial score (nSPS) is 15.5. The van der Waals surface area contributed by atoms with Crippen molar-refractivity contribution in [2.75, 3.05) is 11.9 Å². The minimum Gasteiger partial charge on any atom is -0.455 e. The third-order valence-electron chi connectivity index (χ3n) is 4.99. The lowest BCUT2D eigenvalue weighted by atomic mass is 9.78. The van der Waals surface area contributed by atoms with Crippen molar-refractivity contribution >= 4 is 17.6 Å². The standard InChI is InChI=1S/C21H22FNO3/c1-15-8-2-5-11-18(15)23-19(24)14-26-20(25)21(12-6-7-13-21)16-9-3-4-10-17(16)22/h2-5,8-11H,6-7,12-14H2,1H3,(H,23,24). The molecule has 0 aliphatic heterocycles. The summed E-state index contributed by atoms with van der Waals surface area (Å²) in [6, 6.07) is 13.7. The van der Waals surface area contributed by atoms with Crippen LogP contribution < -0.4 is 5.32 Å². The van der Waals surface area contributed by atoms with Gasteiger partial charge in [-0.1, -0.05) is 49.2 Å². The average molecular weight is 355 g/mol. The van der Waals surface area contributed by atoms with E-state index in [1.54, 1.807) is 24.3 Å². The van der Waals surface area contributed by atoms with Crippen molar-refractivity contribution in [1.82, 2.24) is 0 Å². The average Bonchev–Trinajstić information content (AvgIpc) is 3.13. The van der Waals surface area contributed by atoms with Gasteiger partial charge < -0.3 is 10.1 Å². The van der Waals surface area contributed by atoms with Crippen LogP contribution in [-0.2, 0) is 19.7 Å². The van der Waals surface area contributed by atoms with Gasteiger partial charge in [0, 0.05) is 11.3 Å². The first kappa shape index (κ1) is 18.1. The number of halogens is 1. The van der Waals surface area contributed by atoms with Crippen LogP contribution >= 0.6 is 0 Å². The third kappa shape index (κ3) is 3.62. The summed E-state index contributed by atoms with van der Waals surface area (Å²) < 4.78 is 19.6. The van der Waals surface area contributed by atoms with Crippen LogP contribution in [0.4, 0.5) is 10.1 Å². The molecule has 1 fully saturated rings. The number of para-hydroxylation sites is 1. The fraction of sp³-hybridized carbons (Fsp3) is 0.333. The van der Waals surface area contributed by atoms with Gasteiger partial charge in [-0.15, -0.1) is 0 Å². The first-order chi connectivity index (χ1) is 12.5. The molecule has 26 heavy (non-hydrogen) atoms. The Balaban J connectivity index is 1.69. The smallest absolute Gasteiger partial charge is 0.317 e. The molecule has 1 aliphatic rings. The molecule has 0 atom stereocenters. The van der Waals surface area contributed by atoms with Gasteiger partial charge in [-0.2, -0.15) is 0 Å². The topological polar surface area (TPSA) is 55.4 Å². The van der Waals surface area contributed by atoms with E-state index in [0.717, 1.165) is 18.4 Å². The molecule has 2 aromatic rings. The molecule has 1 N–H and O–H groups in total. The van der Waals surface area contributed by atoms with Gasteiger partial charge in [0.1, 0.15) is 5.82 Å². The van der Waals surface area contributed by atoms with E-state index < -0.39 is 23.1 Å². The van der Waals surface area contributed by atoms with E-state index in [1.807, 2.05) is 25.1 Å². The van der Waals surface area contributed by atoms with Gasteiger partial charge in [-0.05, 0) is 37.5 Å². The number of nitrogens with one attached hydrogen (secondary N) is 1. The van der Waals surface area contributed by atoms with Gasteiger partial charge in [0.2, 0.25) is 0 Å². The van der Waals surface area contributed by atoms with Crippen LogP contribution in [0.3, 0.4) is 0 Å². The van der Waals surface area contributed by atoms with Crippen molar-refractivity contribution in [3.05, 3.63) is 65.5 Å². The summed E-state index contributed by atoms with van der Waals surface area (Å²) >= 11 is 0. The van der Waals surface area contributed by atoms with E-state index in [0.29, 0.717) is 24.1 Å². The first-order valence-corrected chi connectivity index (χ1v) is 8.81. The molecular formula is C21H22FNO3. The summed E-state index contributed by atoms with van der Waals surface area (Å²) in [5, 5.41) is 2.73. The predicted octanol–water partition coefficient (Wildman–Crippen LogP) is 4.13. The Morgan fingerprint density at radius 2 is 1.73 bits per heavy atom. The van der Waals surface area contributed by atoms with Crippen molar-refractivity contribution < 1.29 is 18.7 Å². The fourth-order valence-electron chi connectivity index (χ4n) is 3.58. The van der Waals surface area contributed by atoms with Crippen molar-refractivity contribution in [2.24, 2.45) is 0 Å². The molecule has 1 saturated carbocycles. The first-order valence-electron chi connectivity index (χ1n) is 8.81. The van der Waals surface area contributed by atoms with E-state index in [4.69, 9.17) is 4.74 Å². The van der Waals surface area contributed by atoms with Gasteiger partial charge in [0.15, 0.2) is 6.61 Å². The summed E-state index contributed by atoms with van der Waals surface area (Å²) in [4.78, 5) is 24.9. The van der Waals surface area contributed by atoms with Gasteiger partial charge in [0.25, 0.3) is 5.91 Å². The Hall–Kier alpha value is -2.69. The van der Waals surface area contributed by atoms with Crippen LogP contribution in [0.25, 0.3) is 0 Å². The number of esters is 1. The maximum Gasteiger partial charge on any atom is 0.317 e. The molecular weight excluding hydrogens is 333 g/mol. The molecule has 0 bridgehead atoms. The second-order valence-electron chi connectivity index (χ2n) is 6.71. The molecule has 0 radical (unpaired) electrons. The van der Waals surface area contributed by atoms with Gasteiger partial charge in [-0.3, -0.25) is 9.59 Å². The van der Waals surface area contributed by atoms with E-state index in [1.165, 1.54) is 6.07 Å². The van der Waals surface area contributed by atoms with Gasteiger partial charge in [0.05, 0.1) is 5.41 Å². The summed E-state index contributed by atoms with van der Waals surface area (Å²) in [5.41, 5.74) is 0.972. The monoisotopic (exact) mass is 355 g/mol. The minimum atomic E-state index is -0.992. The molecule has 0 aromatic heterocycles. The van der Waals surface area contributed by atoms with Crippen molar-refractivity contribution in [1.29, 1.82) is 0 Å². The highest BCUT2D eigenvalue weighted by molar-refractivity contribution is 5.94. The lowest BCUT2D eigenvalue weighted by Crippen LogP contribution is -2.37. The molecule has 5 heteroatoms. The zero-order chi connectivity index (χ0) is 18.6. The van der Waals surface area contributed by atoms with Crippen molar-refractivity contribution in [3.63, 3.8) is 0 Å². The van der Waals surface area contributed by atoms with Crippen LogP contribution in [0.2, 0.25) is 0 Å². The Kier molecular flexibility index (Phi) is 5.35. The number of carbonyl (C=O) groups is 2. The minimum absolute atomic E-state index is 0.363. The molecule has 1 amide bonds. The molecule has 0 saturated heterocycles. The quantitative estimate of drug-likeness (QED) is 0.821. The summed E-state index contributed by atoms with van der Waals surface area (Å²) in [5.74, 6) is -1.34. The largest absolute Gasteiger partial charge is 0.455 e. The lowest BCUT2D eigenvalue weighted by Gasteiger charge is -2.27. The zero-order valence-electron chi connectivity index (χ0n) is 14.8. The highest BCUT2D eigenvalue weighted by Crippen LogP contribution is 2.43. The lowest BCUT2D eigenvalue weighted by molar-refractivity contribution is -0.153.